The third kappa shape index (κ3) is 4.70. The number of aryl methyl sites for hydroxylation is 2. The summed E-state index contributed by atoms with van der Waals surface area (Å²) in [6.07, 6.45) is 3.38. The van der Waals surface area contributed by atoms with E-state index in [1.165, 1.54) is 0 Å². The van der Waals surface area contributed by atoms with E-state index >= 15 is 0 Å². The van der Waals surface area contributed by atoms with Crippen LogP contribution in [0, 0.1) is 13.8 Å². The maximum absolute atomic E-state index is 11.8. The molecule has 1 N–H and O–H groups in total. The second-order valence-electron chi connectivity index (χ2n) is 5.09. The van der Waals surface area contributed by atoms with Crippen molar-refractivity contribution in [3.63, 3.8) is 0 Å². The summed E-state index contributed by atoms with van der Waals surface area (Å²) in [7, 11) is 0. The summed E-state index contributed by atoms with van der Waals surface area (Å²) < 4.78 is 5.47. The van der Waals surface area contributed by atoms with Gasteiger partial charge in [0.1, 0.15) is 5.75 Å². The van der Waals surface area contributed by atoms with Crippen LogP contribution in [-0.4, -0.2) is 23.2 Å². The number of aromatic nitrogens is 1. The molecule has 0 aliphatic heterocycles. The lowest BCUT2D eigenvalue weighted by molar-refractivity contribution is -0.123. The van der Waals surface area contributed by atoms with Crippen LogP contribution >= 0.6 is 0 Å². The molecular weight excluding hydrogens is 278 g/mol. The minimum Gasteiger partial charge on any atom is -0.484 e. The summed E-state index contributed by atoms with van der Waals surface area (Å²) in [5.41, 5.74) is 6.22. The number of nitrogens with one attached hydrogen (secondary N) is 1. The quantitative estimate of drug-likeness (QED) is 0.681. The number of hydrogen-bond acceptors (Lipinski definition) is 4. The predicted octanol–water partition coefficient (Wildman–Crippen LogP) is 2.62. The molecule has 2 aromatic rings. The topological polar surface area (TPSA) is 63.6 Å². The van der Waals surface area contributed by atoms with Gasteiger partial charge in [-0.15, -0.1) is 0 Å². The molecule has 0 aliphatic carbocycles. The Morgan fingerprint density at radius 1 is 1.27 bits per heavy atom. The maximum atomic E-state index is 11.8. The standard InChI is InChI=1S/C17H19N3O2/c1-12-7-13(2)9-16(8-12)22-11-17(21)20-19-14(3)15-5-4-6-18-10-15/h4-10H,11H2,1-3H3,(H,20,21)/b19-14+. The second kappa shape index (κ2) is 7.36. The molecule has 1 aromatic heterocycles. The van der Waals surface area contributed by atoms with Crippen molar-refractivity contribution in [2.24, 2.45) is 5.10 Å². The monoisotopic (exact) mass is 297 g/mol. The van der Waals surface area contributed by atoms with E-state index in [9.17, 15) is 4.79 Å². The van der Waals surface area contributed by atoms with Crippen molar-refractivity contribution in [2.45, 2.75) is 20.8 Å². The molecule has 1 aromatic carbocycles. The number of pyridine rings is 1. The molecule has 0 saturated heterocycles. The molecule has 0 spiro atoms. The Hall–Kier alpha value is -2.69. The van der Waals surface area contributed by atoms with Crippen molar-refractivity contribution in [2.75, 3.05) is 6.61 Å². The zero-order valence-corrected chi connectivity index (χ0v) is 13.0. The van der Waals surface area contributed by atoms with Crippen LogP contribution < -0.4 is 10.2 Å². The van der Waals surface area contributed by atoms with Gasteiger partial charge in [0.15, 0.2) is 6.61 Å². The molecular formula is C17H19N3O2. The Kier molecular flexibility index (Phi) is 5.25. The molecule has 5 nitrogen and oxygen atoms in total. The summed E-state index contributed by atoms with van der Waals surface area (Å²) in [6, 6.07) is 9.53. The van der Waals surface area contributed by atoms with Crippen molar-refractivity contribution >= 4 is 11.6 Å². The smallest absolute Gasteiger partial charge is 0.277 e. The number of benzene rings is 1. The predicted molar refractivity (Wildman–Crippen MR) is 86.0 cm³/mol. The van der Waals surface area contributed by atoms with Gasteiger partial charge in [-0.05, 0) is 50.1 Å². The number of amides is 1. The first-order valence-corrected chi connectivity index (χ1v) is 6.99. The summed E-state index contributed by atoms with van der Waals surface area (Å²) in [5, 5.41) is 4.04. The number of ether oxygens (including phenoxy) is 1. The summed E-state index contributed by atoms with van der Waals surface area (Å²) in [6.45, 7) is 5.71. The molecule has 114 valence electrons. The minimum absolute atomic E-state index is 0.0767. The Labute approximate surface area is 130 Å². The van der Waals surface area contributed by atoms with Crippen LogP contribution in [0.1, 0.15) is 23.6 Å². The molecule has 1 amide bonds. The van der Waals surface area contributed by atoms with Gasteiger partial charge in [-0.25, -0.2) is 5.43 Å². The first-order chi connectivity index (χ1) is 10.5. The normalized spacial score (nSPS) is 11.1. The number of hydrogen-bond donors (Lipinski definition) is 1. The third-order valence-corrected chi connectivity index (χ3v) is 2.99. The largest absolute Gasteiger partial charge is 0.484 e. The third-order valence-electron chi connectivity index (χ3n) is 2.99. The second-order valence-corrected chi connectivity index (χ2v) is 5.09. The summed E-state index contributed by atoms with van der Waals surface area (Å²) >= 11 is 0. The molecule has 0 bridgehead atoms. The van der Waals surface area contributed by atoms with Gasteiger partial charge >= 0.3 is 0 Å². The van der Waals surface area contributed by atoms with E-state index in [-0.39, 0.29) is 12.5 Å². The van der Waals surface area contributed by atoms with E-state index < -0.39 is 0 Å². The molecule has 2 rings (SSSR count). The van der Waals surface area contributed by atoms with Gasteiger partial charge in [0.2, 0.25) is 0 Å². The Morgan fingerprint density at radius 3 is 2.64 bits per heavy atom. The fourth-order valence-electron chi connectivity index (χ4n) is 1.98. The maximum Gasteiger partial charge on any atom is 0.277 e. The Morgan fingerprint density at radius 2 is 2.00 bits per heavy atom. The lowest BCUT2D eigenvalue weighted by atomic mass is 10.1. The molecule has 0 atom stereocenters. The lowest BCUT2D eigenvalue weighted by Crippen LogP contribution is -2.25. The Balaban J connectivity index is 1.88. The van der Waals surface area contributed by atoms with Crippen molar-refractivity contribution < 1.29 is 9.53 Å². The fourth-order valence-corrected chi connectivity index (χ4v) is 1.98. The van der Waals surface area contributed by atoms with Crippen molar-refractivity contribution in [3.8, 4) is 5.75 Å². The van der Waals surface area contributed by atoms with Crippen LogP contribution in [0.3, 0.4) is 0 Å². The first-order valence-electron chi connectivity index (χ1n) is 6.99. The molecule has 22 heavy (non-hydrogen) atoms. The van der Waals surface area contributed by atoms with Crippen LogP contribution in [0.25, 0.3) is 0 Å². The molecule has 0 unspecified atom stereocenters. The van der Waals surface area contributed by atoms with Crippen LogP contribution in [0.15, 0.2) is 47.8 Å². The summed E-state index contributed by atoms with van der Waals surface area (Å²) in [4.78, 5) is 15.8. The van der Waals surface area contributed by atoms with Gasteiger partial charge in [-0.1, -0.05) is 12.1 Å². The van der Waals surface area contributed by atoms with Gasteiger partial charge in [-0.2, -0.15) is 5.10 Å². The first kappa shape index (κ1) is 15.7. The number of hydrazone groups is 1. The molecule has 1 heterocycles. The molecule has 0 saturated carbocycles. The van der Waals surface area contributed by atoms with E-state index in [1.807, 2.05) is 45.0 Å². The van der Waals surface area contributed by atoms with E-state index in [2.05, 4.69) is 21.6 Å². The zero-order chi connectivity index (χ0) is 15.9. The van der Waals surface area contributed by atoms with Crippen LogP contribution in [-0.2, 0) is 4.79 Å². The minimum atomic E-state index is -0.303. The number of carbonyl (C=O) groups is 1. The number of nitrogens with zero attached hydrogens (tertiary/aromatic N) is 2. The van der Waals surface area contributed by atoms with Crippen LogP contribution in [0.4, 0.5) is 0 Å². The van der Waals surface area contributed by atoms with Crippen molar-refractivity contribution in [1.82, 2.24) is 10.4 Å². The van der Waals surface area contributed by atoms with Crippen molar-refractivity contribution in [3.05, 3.63) is 59.4 Å². The van der Waals surface area contributed by atoms with E-state index in [1.54, 1.807) is 12.4 Å². The lowest BCUT2D eigenvalue weighted by Gasteiger charge is -2.07. The average molecular weight is 297 g/mol. The van der Waals surface area contributed by atoms with Crippen molar-refractivity contribution in [1.29, 1.82) is 0 Å². The number of carbonyl (C=O) groups excluding carboxylic acids is 1. The zero-order valence-electron chi connectivity index (χ0n) is 13.0. The van der Waals surface area contributed by atoms with E-state index in [4.69, 9.17) is 4.74 Å². The van der Waals surface area contributed by atoms with E-state index in [0.717, 1.165) is 16.7 Å². The van der Waals surface area contributed by atoms with Gasteiger partial charge < -0.3 is 4.74 Å². The highest BCUT2D eigenvalue weighted by Gasteiger charge is 2.04. The highest BCUT2D eigenvalue weighted by atomic mass is 16.5. The van der Waals surface area contributed by atoms with Gasteiger partial charge in [0, 0.05) is 18.0 Å². The van der Waals surface area contributed by atoms with Gasteiger partial charge in [0.25, 0.3) is 5.91 Å². The molecule has 5 heteroatoms. The van der Waals surface area contributed by atoms with Crippen LogP contribution in [0.5, 0.6) is 5.75 Å². The molecule has 0 fully saturated rings. The van der Waals surface area contributed by atoms with Gasteiger partial charge in [0.05, 0.1) is 5.71 Å². The van der Waals surface area contributed by atoms with Gasteiger partial charge in [-0.3, -0.25) is 9.78 Å². The number of rotatable bonds is 5. The highest BCUT2D eigenvalue weighted by molar-refractivity contribution is 5.98. The van der Waals surface area contributed by atoms with Crippen LogP contribution in [0.2, 0.25) is 0 Å². The summed E-state index contributed by atoms with van der Waals surface area (Å²) in [5.74, 6) is 0.378. The Bertz CT molecular complexity index is 661. The SMILES string of the molecule is C/C(=N\NC(=O)COc1cc(C)cc(C)c1)c1cccnc1. The average Bonchev–Trinajstić information content (AvgIpc) is 2.50. The highest BCUT2D eigenvalue weighted by Crippen LogP contribution is 2.15. The fraction of sp³-hybridized carbons (Fsp3) is 0.235. The molecule has 0 radical (unpaired) electrons. The molecule has 0 aliphatic rings. The van der Waals surface area contributed by atoms with E-state index in [0.29, 0.717) is 11.5 Å².